The van der Waals surface area contributed by atoms with E-state index in [0.717, 1.165) is 17.2 Å². The van der Waals surface area contributed by atoms with E-state index in [2.05, 4.69) is 28.7 Å². The molecule has 0 radical (unpaired) electrons. The number of nitrogens with one attached hydrogen (secondary N) is 2. The zero-order valence-electron chi connectivity index (χ0n) is 10.6. The van der Waals surface area contributed by atoms with Gasteiger partial charge < -0.3 is 5.32 Å². The van der Waals surface area contributed by atoms with E-state index in [4.69, 9.17) is 5.84 Å². The van der Waals surface area contributed by atoms with E-state index in [1.165, 1.54) is 16.9 Å². The van der Waals surface area contributed by atoms with E-state index < -0.39 is 0 Å². The number of benzene rings is 1. The summed E-state index contributed by atoms with van der Waals surface area (Å²) in [5.41, 5.74) is 5.09. The minimum atomic E-state index is -0.245. The fourth-order valence-corrected chi connectivity index (χ4v) is 2.45. The molecule has 0 saturated heterocycles. The first-order valence-electron chi connectivity index (χ1n) is 6.01. The van der Waals surface area contributed by atoms with Crippen LogP contribution in [-0.2, 0) is 17.6 Å². The van der Waals surface area contributed by atoms with Crippen LogP contribution < -0.4 is 16.6 Å². The van der Waals surface area contributed by atoms with Crippen molar-refractivity contribution >= 4 is 28.1 Å². The third kappa shape index (κ3) is 3.52. The summed E-state index contributed by atoms with van der Waals surface area (Å²) in [4.78, 5) is 15.5. The minimum Gasteiger partial charge on any atom is -0.331 e. The van der Waals surface area contributed by atoms with Crippen LogP contribution in [0.4, 0.5) is 10.8 Å². The molecule has 19 heavy (non-hydrogen) atoms. The van der Waals surface area contributed by atoms with Crippen LogP contribution in [0.25, 0.3) is 0 Å². The highest BCUT2D eigenvalue weighted by molar-refractivity contribution is 7.13. The van der Waals surface area contributed by atoms with E-state index >= 15 is 0 Å². The predicted molar refractivity (Wildman–Crippen MR) is 77.3 cm³/mol. The van der Waals surface area contributed by atoms with Gasteiger partial charge in [0.1, 0.15) is 0 Å². The van der Waals surface area contributed by atoms with Gasteiger partial charge in [0.2, 0.25) is 5.91 Å². The zero-order valence-corrected chi connectivity index (χ0v) is 11.5. The molecule has 0 aliphatic heterocycles. The van der Waals surface area contributed by atoms with E-state index in [-0.39, 0.29) is 12.3 Å². The molecule has 1 aromatic heterocycles. The molecule has 1 aromatic carbocycles. The molecule has 0 bridgehead atoms. The summed E-state index contributed by atoms with van der Waals surface area (Å²) in [7, 11) is 0. The molecule has 1 heterocycles. The van der Waals surface area contributed by atoms with Crippen LogP contribution in [0.1, 0.15) is 18.2 Å². The molecule has 2 aromatic rings. The van der Waals surface area contributed by atoms with Crippen LogP contribution in [0.2, 0.25) is 0 Å². The van der Waals surface area contributed by atoms with Gasteiger partial charge >= 0.3 is 0 Å². The Morgan fingerprint density at radius 2 is 2.21 bits per heavy atom. The van der Waals surface area contributed by atoms with Crippen LogP contribution in [0.15, 0.2) is 29.6 Å². The van der Waals surface area contributed by atoms with Crippen molar-refractivity contribution in [1.82, 2.24) is 10.4 Å². The van der Waals surface area contributed by atoms with E-state index in [1.54, 1.807) is 0 Å². The molecule has 0 unspecified atom stereocenters. The van der Waals surface area contributed by atoms with Gasteiger partial charge in [-0.2, -0.15) is 0 Å². The Balaban J connectivity index is 2.09. The first kappa shape index (κ1) is 13.5. The van der Waals surface area contributed by atoms with Gasteiger partial charge in [-0.3, -0.25) is 10.2 Å². The van der Waals surface area contributed by atoms with Gasteiger partial charge in [-0.25, -0.2) is 10.8 Å². The number of para-hydroxylation sites is 1. The van der Waals surface area contributed by atoms with Gasteiger partial charge in [-0.1, -0.05) is 25.1 Å². The molecule has 0 fully saturated rings. The van der Waals surface area contributed by atoms with Crippen molar-refractivity contribution in [2.45, 2.75) is 19.8 Å². The Labute approximate surface area is 115 Å². The van der Waals surface area contributed by atoms with Crippen molar-refractivity contribution in [2.24, 2.45) is 5.84 Å². The Morgan fingerprint density at radius 1 is 1.42 bits per heavy atom. The lowest BCUT2D eigenvalue weighted by atomic mass is 10.1. The number of rotatable bonds is 5. The van der Waals surface area contributed by atoms with Gasteiger partial charge in [0.25, 0.3) is 0 Å². The van der Waals surface area contributed by atoms with Crippen LogP contribution in [0.5, 0.6) is 0 Å². The first-order chi connectivity index (χ1) is 9.22. The highest BCUT2D eigenvalue weighted by Crippen LogP contribution is 2.24. The third-order valence-corrected chi connectivity index (χ3v) is 3.50. The smallest absolute Gasteiger partial charge is 0.239 e. The molecule has 0 atom stereocenters. The number of nitrogens with two attached hydrogens (primary N) is 1. The number of carbonyl (C=O) groups is 1. The standard InChI is InChI=1S/C13H16N4OS/c1-2-9-5-3-4-6-11(9)16-13-15-10(8-19-13)7-12(18)17-14/h3-6,8H,2,7,14H2,1H3,(H,15,16)(H,17,18). The minimum absolute atomic E-state index is 0.199. The molecule has 100 valence electrons. The molecule has 0 saturated carbocycles. The summed E-state index contributed by atoms with van der Waals surface area (Å²) in [5, 5.41) is 5.91. The van der Waals surface area contributed by atoms with Gasteiger partial charge in [-0.05, 0) is 18.1 Å². The molecule has 0 aliphatic rings. The Bertz CT molecular complexity index is 567. The van der Waals surface area contributed by atoms with Gasteiger partial charge in [0.15, 0.2) is 5.13 Å². The highest BCUT2D eigenvalue weighted by atomic mass is 32.1. The Kier molecular flexibility index (Phi) is 4.48. The van der Waals surface area contributed by atoms with Crippen molar-refractivity contribution in [2.75, 3.05) is 5.32 Å². The Hall–Kier alpha value is -1.92. The molecular formula is C13H16N4OS. The number of hydrogen-bond acceptors (Lipinski definition) is 5. The predicted octanol–water partition coefficient (Wildman–Crippen LogP) is 1.98. The number of aryl methyl sites for hydroxylation is 1. The van der Waals surface area contributed by atoms with E-state index in [1.807, 2.05) is 23.6 Å². The number of carbonyl (C=O) groups excluding carboxylic acids is 1. The number of thiazole rings is 1. The average molecular weight is 276 g/mol. The number of hydrazine groups is 1. The molecule has 0 aliphatic carbocycles. The van der Waals surface area contributed by atoms with E-state index in [9.17, 15) is 4.79 Å². The highest BCUT2D eigenvalue weighted by Gasteiger charge is 2.07. The molecular weight excluding hydrogens is 260 g/mol. The second-order valence-corrected chi connectivity index (χ2v) is 4.88. The van der Waals surface area contributed by atoms with Crippen LogP contribution >= 0.6 is 11.3 Å². The molecule has 4 N–H and O–H groups in total. The summed E-state index contributed by atoms with van der Waals surface area (Å²) >= 11 is 1.47. The van der Waals surface area contributed by atoms with Crippen molar-refractivity contribution in [1.29, 1.82) is 0 Å². The third-order valence-electron chi connectivity index (χ3n) is 2.69. The normalized spacial score (nSPS) is 10.2. The van der Waals surface area contributed by atoms with Crippen molar-refractivity contribution < 1.29 is 4.79 Å². The second kappa shape index (κ2) is 6.31. The van der Waals surface area contributed by atoms with Crippen molar-refractivity contribution in [3.05, 3.63) is 40.9 Å². The monoisotopic (exact) mass is 276 g/mol. The quantitative estimate of drug-likeness (QED) is 0.443. The number of anilines is 2. The summed E-state index contributed by atoms with van der Waals surface area (Å²) in [6.07, 6.45) is 1.15. The lowest BCUT2D eigenvalue weighted by Crippen LogP contribution is -2.31. The first-order valence-corrected chi connectivity index (χ1v) is 6.89. The topological polar surface area (TPSA) is 80.0 Å². The van der Waals surface area contributed by atoms with Crippen LogP contribution in [0, 0.1) is 0 Å². The van der Waals surface area contributed by atoms with Crippen molar-refractivity contribution in [3.63, 3.8) is 0 Å². The number of amides is 1. The number of aromatic nitrogens is 1. The Morgan fingerprint density at radius 3 is 2.95 bits per heavy atom. The fourth-order valence-electron chi connectivity index (χ4n) is 1.73. The summed E-state index contributed by atoms with van der Waals surface area (Å²) < 4.78 is 0. The lowest BCUT2D eigenvalue weighted by Gasteiger charge is -2.07. The fraction of sp³-hybridized carbons (Fsp3) is 0.231. The molecule has 6 heteroatoms. The maximum Gasteiger partial charge on any atom is 0.239 e. The maximum absolute atomic E-state index is 11.2. The van der Waals surface area contributed by atoms with Gasteiger partial charge in [0, 0.05) is 11.1 Å². The SMILES string of the molecule is CCc1ccccc1Nc1nc(CC(=O)NN)cs1. The largest absolute Gasteiger partial charge is 0.331 e. The summed E-state index contributed by atoms with van der Waals surface area (Å²) in [6.45, 7) is 2.11. The molecule has 2 rings (SSSR count). The maximum atomic E-state index is 11.2. The molecule has 0 spiro atoms. The zero-order chi connectivity index (χ0) is 13.7. The summed E-state index contributed by atoms with van der Waals surface area (Å²) in [5.74, 6) is 4.80. The lowest BCUT2D eigenvalue weighted by molar-refractivity contribution is -0.120. The number of hydrogen-bond donors (Lipinski definition) is 3. The van der Waals surface area contributed by atoms with E-state index in [0.29, 0.717) is 5.69 Å². The second-order valence-electron chi connectivity index (χ2n) is 4.02. The average Bonchev–Trinajstić information content (AvgIpc) is 2.86. The summed E-state index contributed by atoms with van der Waals surface area (Å²) in [6, 6.07) is 8.10. The van der Waals surface area contributed by atoms with Crippen LogP contribution in [-0.4, -0.2) is 10.9 Å². The molecule has 5 nitrogen and oxygen atoms in total. The van der Waals surface area contributed by atoms with Crippen molar-refractivity contribution in [3.8, 4) is 0 Å². The van der Waals surface area contributed by atoms with Crippen LogP contribution in [0.3, 0.4) is 0 Å². The number of nitrogens with zero attached hydrogens (tertiary/aromatic N) is 1. The molecule has 1 amide bonds. The van der Waals surface area contributed by atoms with Gasteiger partial charge in [-0.15, -0.1) is 11.3 Å². The van der Waals surface area contributed by atoms with Gasteiger partial charge in [0.05, 0.1) is 12.1 Å².